The van der Waals surface area contributed by atoms with Gasteiger partial charge in [0.2, 0.25) is 0 Å². The Morgan fingerprint density at radius 2 is 1.63 bits per heavy atom. The normalized spacial score (nSPS) is 8.89. The van der Waals surface area contributed by atoms with Crippen molar-refractivity contribution in [3.05, 3.63) is 65.7 Å². The van der Waals surface area contributed by atoms with Gasteiger partial charge in [0.15, 0.2) is 0 Å². The van der Waals surface area contributed by atoms with Crippen molar-refractivity contribution in [2.24, 2.45) is 5.73 Å². The van der Waals surface area contributed by atoms with E-state index in [0.29, 0.717) is 13.2 Å². The van der Waals surface area contributed by atoms with Crippen molar-refractivity contribution in [1.29, 1.82) is 0 Å². The van der Waals surface area contributed by atoms with Crippen LogP contribution in [-0.2, 0) is 6.61 Å². The summed E-state index contributed by atoms with van der Waals surface area (Å²) in [7, 11) is 0. The van der Waals surface area contributed by atoms with Gasteiger partial charge in [-0.15, -0.1) is 12.4 Å². The Morgan fingerprint density at radius 3 is 2.37 bits per heavy atom. The lowest BCUT2D eigenvalue weighted by Crippen LogP contribution is -1.97. The van der Waals surface area contributed by atoms with Crippen LogP contribution in [0.25, 0.3) is 0 Å². The Morgan fingerprint density at radius 1 is 0.947 bits per heavy atom. The fourth-order valence-electron chi connectivity index (χ4n) is 1.58. The zero-order valence-electron chi connectivity index (χ0n) is 10.5. The molecule has 0 aliphatic heterocycles. The molecule has 0 bridgehead atoms. The fraction of sp³-hybridized carbons (Fsp3) is 0.125. The monoisotopic (exact) mass is 273 g/mol. The number of benzene rings is 2. The summed E-state index contributed by atoms with van der Waals surface area (Å²) in [6.45, 7) is 0.898. The molecule has 2 rings (SSSR count). The molecule has 19 heavy (non-hydrogen) atoms. The van der Waals surface area contributed by atoms with E-state index in [1.54, 1.807) is 0 Å². The van der Waals surface area contributed by atoms with E-state index in [1.165, 1.54) is 0 Å². The molecule has 2 aromatic carbocycles. The number of halogens is 1. The van der Waals surface area contributed by atoms with Gasteiger partial charge in [0.25, 0.3) is 0 Å². The lowest BCUT2D eigenvalue weighted by atomic mass is 10.2. The smallest absolute Gasteiger partial charge is 0.135 e. The van der Waals surface area contributed by atoms with E-state index < -0.39 is 0 Å². The number of rotatable bonds is 3. The summed E-state index contributed by atoms with van der Waals surface area (Å²) in [6.07, 6.45) is 0. The molecule has 0 aliphatic rings. The number of hydrogen-bond donors (Lipinski definition) is 1. The molecule has 2 nitrogen and oxygen atoms in total. The summed E-state index contributed by atoms with van der Waals surface area (Å²) in [5.41, 5.74) is 7.39. The molecule has 0 spiro atoms. The van der Waals surface area contributed by atoms with Crippen molar-refractivity contribution in [2.75, 3.05) is 6.54 Å². The SMILES string of the molecule is Cl.NCC#Cc1ccccc1OCc1ccccc1. The zero-order chi connectivity index (χ0) is 12.6. The minimum absolute atomic E-state index is 0. The highest BCUT2D eigenvalue weighted by atomic mass is 35.5. The standard InChI is InChI=1S/C16H15NO.ClH/c17-12-6-10-15-9-4-5-11-16(15)18-13-14-7-2-1-3-8-14;/h1-5,7-9,11H,12-13,17H2;1H. The van der Waals surface area contributed by atoms with Crippen LogP contribution in [0.1, 0.15) is 11.1 Å². The predicted octanol–water partition coefficient (Wildman–Crippen LogP) is 3.00. The Labute approximate surface area is 120 Å². The molecule has 2 N–H and O–H groups in total. The van der Waals surface area contributed by atoms with Gasteiger partial charge >= 0.3 is 0 Å². The summed E-state index contributed by atoms with van der Waals surface area (Å²) in [6, 6.07) is 17.8. The van der Waals surface area contributed by atoms with Crippen LogP contribution >= 0.6 is 12.4 Å². The highest BCUT2D eigenvalue weighted by Crippen LogP contribution is 2.18. The quantitative estimate of drug-likeness (QED) is 0.873. The molecule has 0 fully saturated rings. The minimum Gasteiger partial charge on any atom is -0.488 e. The van der Waals surface area contributed by atoms with Crippen LogP contribution in [0.3, 0.4) is 0 Å². The first-order valence-corrected chi connectivity index (χ1v) is 5.85. The van der Waals surface area contributed by atoms with E-state index in [2.05, 4.69) is 11.8 Å². The zero-order valence-corrected chi connectivity index (χ0v) is 11.3. The lowest BCUT2D eigenvalue weighted by molar-refractivity contribution is 0.305. The maximum atomic E-state index is 5.78. The van der Waals surface area contributed by atoms with Gasteiger partial charge in [-0.3, -0.25) is 0 Å². The van der Waals surface area contributed by atoms with E-state index in [4.69, 9.17) is 10.5 Å². The van der Waals surface area contributed by atoms with Crippen LogP contribution in [0.15, 0.2) is 54.6 Å². The summed E-state index contributed by atoms with van der Waals surface area (Å²) in [5.74, 6) is 6.64. The van der Waals surface area contributed by atoms with E-state index in [0.717, 1.165) is 16.9 Å². The van der Waals surface area contributed by atoms with E-state index in [1.807, 2.05) is 54.6 Å². The van der Waals surface area contributed by atoms with Crippen molar-refractivity contribution < 1.29 is 4.74 Å². The van der Waals surface area contributed by atoms with Crippen molar-refractivity contribution in [3.8, 4) is 17.6 Å². The molecule has 0 saturated carbocycles. The molecular weight excluding hydrogens is 258 g/mol. The largest absolute Gasteiger partial charge is 0.488 e. The van der Waals surface area contributed by atoms with E-state index in [-0.39, 0.29) is 12.4 Å². The van der Waals surface area contributed by atoms with Crippen molar-refractivity contribution in [3.63, 3.8) is 0 Å². The Kier molecular flexibility index (Phi) is 6.52. The predicted molar refractivity (Wildman–Crippen MR) is 80.4 cm³/mol. The van der Waals surface area contributed by atoms with Crippen molar-refractivity contribution >= 4 is 12.4 Å². The third-order valence-corrected chi connectivity index (χ3v) is 2.45. The molecule has 0 radical (unpaired) electrons. The van der Waals surface area contributed by atoms with Gasteiger partial charge in [-0.2, -0.15) is 0 Å². The third kappa shape index (κ3) is 4.67. The summed E-state index contributed by atoms with van der Waals surface area (Å²) in [5, 5.41) is 0. The van der Waals surface area contributed by atoms with Crippen molar-refractivity contribution in [1.82, 2.24) is 0 Å². The molecule has 0 aliphatic carbocycles. The fourth-order valence-corrected chi connectivity index (χ4v) is 1.58. The number of nitrogens with two attached hydrogens (primary N) is 1. The van der Waals surface area contributed by atoms with Crippen LogP contribution in [0.5, 0.6) is 5.75 Å². The molecule has 2 aromatic rings. The lowest BCUT2D eigenvalue weighted by Gasteiger charge is -2.08. The average molecular weight is 274 g/mol. The second kappa shape index (κ2) is 8.20. The molecule has 0 amide bonds. The number of hydrogen-bond acceptors (Lipinski definition) is 2. The van der Waals surface area contributed by atoms with Gasteiger partial charge in [0.05, 0.1) is 12.1 Å². The first-order valence-electron chi connectivity index (χ1n) is 5.85. The highest BCUT2D eigenvalue weighted by Gasteiger charge is 2.00. The minimum atomic E-state index is 0. The Hall–Kier alpha value is -1.95. The number of para-hydroxylation sites is 1. The first kappa shape index (κ1) is 15.1. The van der Waals surface area contributed by atoms with E-state index >= 15 is 0 Å². The molecule has 0 heterocycles. The molecule has 0 aromatic heterocycles. The average Bonchev–Trinajstić information content (AvgIpc) is 2.45. The number of ether oxygens (including phenoxy) is 1. The molecule has 0 atom stereocenters. The highest BCUT2D eigenvalue weighted by molar-refractivity contribution is 5.85. The molecular formula is C16H16ClNO. The van der Waals surface area contributed by atoms with Crippen LogP contribution in [-0.4, -0.2) is 6.54 Å². The molecule has 0 saturated heterocycles. The van der Waals surface area contributed by atoms with Crippen LogP contribution < -0.4 is 10.5 Å². The van der Waals surface area contributed by atoms with Crippen LogP contribution in [0, 0.1) is 11.8 Å². The maximum absolute atomic E-state index is 5.78. The summed E-state index contributed by atoms with van der Waals surface area (Å²) < 4.78 is 5.78. The molecule has 98 valence electrons. The third-order valence-electron chi connectivity index (χ3n) is 2.45. The van der Waals surface area contributed by atoms with Gasteiger partial charge in [0.1, 0.15) is 12.4 Å². The van der Waals surface area contributed by atoms with Crippen LogP contribution in [0.4, 0.5) is 0 Å². The van der Waals surface area contributed by atoms with Crippen molar-refractivity contribution in [2.45, 2.75) is 6.61 Å². The molecule has 0 unspecified atom stereocenters. The summed E-state index contributed by atoms with van der Waals surface area (Å²) >= 11 is 0. The van der Waals surface area contributed by atoms with Gasteiger partial charge < -0.3 is 10.5 Å². The second-order valence-electron chi connectivity index (χ2n) is 3.78. The first-order chi connectivity index (χ1) is 8.90. The van der Waals surface area contributed by atoms with E-state index in [9.17, 15) is 0 Å². The van der Waals surface area contributed by atoms with Gasteiger partial charge in [-0.05, 0) is 17.7 Å². The Balaban J connectivity index is 0.00000180. The topological polar surface area (TPSA) is 35.2 Å². The Bertz CT molecular complexity index is 558. The van der Waals surface area contributed by atoms with Gasteiger partial charge in [-0.25, -0.2) is 0 Å². The van der Waals surface area contributed by atoms with Crippen LogP contribution in [0.2, 0.25) is 0 Å². The van der Waals surface area contributed by atoms with Gasteiger partial charge in [-0.1, -0.05) is 54.3 Å². The summed E-state index contributed by atoms with van der Waals surface area (Å²) in [4.78, 5) is 0. The second-order valence-corrected chi connectivity index (χ2v) is 3.78. The van der Waals surface area contributed by atoms with Gasteiger partial charge in [0, 0.05) is 0 Å². The molecule has 3 heteroatoms. The maximum Gasteiger partial charge on any atom is 0.135 e.